The van der Waals surface area contributed by atoms with E-state index in [1.807, 2.05) is 37.3 Å². The normalized spacial score (nSPS) is 12.1. The highest BCUT2D eigenvalue weighted by atomic mass is 16.3. The number of carbonyl (C=O) groups is 1. The van der Waals surface area contributed by atoms with Crippen molar-refractivity contribution in [2.45, 2.75) is 38.6 Å². The number of furan rings is 1. The van der Waals surface area contributed by atoms with Gasteiger partial charge in [-0.1, -0.05) is 30.3 Å². The molecule has 1 atom stereocenters. The second-order valence-electron chi connectivity index (χ2n) is 5.09. The first-order chi connectivity index (χ1) is 9.74. The van der Waals surface area contributed by atoms with Crippen molar-refractivity contribution in [3.8, 4) is 0 Å². The average Bonchev–Trinajstić information content (AvgIpc) is 2.92. The highest BCUT2D eigenvalue weighted by Crippen LogP contribution is 2.06. The fourth-order valence-corrected chi connectivity index (χ4v) is 2.23. The summed E-state index contributed by atoms with van der Waals surface area (Å²) in [6.07, 6.45) is 4.78. The molecule has 0 aliphatic carbocycles. The van der Waals surface area contributed by atoms with Crippen LogP contribution in [0, 0.1) is 0 Å². The molecule has 1 aromatic carbocycles. The van der Waals surface area contributed by atoms with E-state index in [0.717, 1.165) is 25.0 Å². The third-order valence-corrected chi connectivity index (χ3v) is 3.21. The number of aryl methyl sites for hydroxylation is 1. The van der Waals surface area contributed by atoms with Crippen molar-refractivity contribution in [1.29, 1.82) is 0 Å². The van der Waals surface area contributed by atoms with Gasteiger partial charge in [-0.15, -0.1) is 0 Å². The molecule has 0 spiro atoms. The lowest BCUT2D eigenvalue weighted by Crippen LogP contribution is -2.33. The second kappa shape index (κ2) is 7.53. The van der Waals surface area contributed by atoms with E-state index in [1.165, 1.54) is 5.56 Å². The number of hydrogen-bond donors (Lipinski definition) is 1. The third-order valence-electron chi connectivity index (χ3n) is 3.21. The van der Waals surface area contributed by atoms with Crippen molar-refractivity contribution in [1.82, 2.24) is 5.32 Å². The molecule has 3 nitrogen and oxygen atoms in total. The molecule has 0 aliphatic heterocycles. The molecule has 0 unspecified atom stereocenters. The summed E-state index contributed by atoms with van der Waals surface area (Å²) >= 11 is 0. The summed E-state index contributed by atoms with van der Waals surface area (Å²) in [5.74, 6) is 1.02. The van der Waals surface area contributed by atoms with Gasteiger partial charge in [0.1, 0.15) is 5.76 Å². The van der Waals surface area contributed by atoms with Gasteiger partial charge < -0.3 is 9.73 Å². The van der Waals surface area contributed by atoms with Crippen molar-refractivity contribution in [2.75, 3.05) is 0 Å². The van der Waals surface area contributed by atoms with Crippen LogP contribution < -0.4 is 5.32 Å². The Kier molecular flexibility index (Phi) is 5.42. The quantitative estimate of drug-likeness (QED) is 0.839. The molecule has 1 amide bonds. The Morgan fingerprint density at radius 2 is 2.00 bits per heavy atom. The predicted molar refractivity (Wildman–Crippen MR) is 79.4 cm³/mol. The lowest BCUT2D eigenvalue weighted by atomic mass is 10.1. The van der Waals surface area contributed by atoms with Crippen LogP contribution in [0.1, 0.15) is 31.1 Å². The van der Waals surface area contributed by atoms with Gasteiger partial charge in [-0.3, -0.25) is 4.79 Å². The Morgan fingerprint density at radius 3 is 2.70 bits per heavy atom. The molecule has 2 rings (SSSR count). The maximum atomic E-state index is 11.8. The molecule has 20 heavy (non-hydrogen) atoms. The first-order valence-electron chi connectivity index (χ1n) is 7.09. The predicted octanol–water partition coefficient (Wildman–Crippen LogP) is 3.35. The number of nitrogens with one attached hydrogen (secondary N) is 1. The summed E-state index contributed by atoms with van der Waals surface area (Å²) < 4.78 is 5.27. The van der Waals surface area contributed by atoms with Gasteiger partial charge in [0.2, 0.25) is 5.91 Å². The monoisotopic (exact) mass is 271 g/mol. The molecular formula is C17H21NO2. The van der Waals surface area contributed by atoms with Crippen LogP contribution in [0.2, 0.25) is 0 Å². The van der Waals surface area contributed by atoms with Crippen molar-refractivity contribution in [2.24, 2.45) is 0 Å². The summed E-state index contributed by atoms with van der Waals surface area (Å²) in [7, 11) is 0. The van der Waals surface area contributed by atoms with Gasteiger partial charge in [0.25, 0.3) is 0 Å². The number of amides is 1. The Balaban J connectivity index is 1.65. The molecule has 1 N–H and O–H groups in total. The van der Waals surface area contributed by atoms with Crippen LogP contribution in [0.15, 0.2) is 53.1 Å². The fourth-order valence-electron chi connectivity index (χ4n) is 2.23. The van der Waals surface area contributed by atoms with Crippen LogP contribution in [0.3, 0.4) is 0 Å². The maximum absolute atomic E-state index is 11.8. The average molecular weight is 271 g/mol. The Bertz CT molecular complexity index is 505. The lowest BCUT2D eigenvalue weighted by Gasteiger charge is -2.12. The Morgan fingerprint density at radius 1 is 1.20 bits per heavy atom. The van der Waals surface area contributed by atoms with E-state index in [2.05, 4.69) is 17.4 Å². The van der Waals surface area contributed by atoms with Gasteiger partial charge in [0, 0.05) is 18.9 Å². The summed E-state index contributed by atoms with van der Waals surface area (Å²) in [5.41, 5.74) is 1.28. The minimum atomic E-state index is 0.102. The zero-order chi connectivity index (χ0) is 14.2. The smallest absolute Gasteiger partial charge is 0.220 e. The number of rotatable bonds is 7. The topological polar surface area (TPSA) is 42.2 Å². The summed E-state index contributed by atoms with van der Waals surface area (Å²) in [6, 6.07) is 14.1. The number of benzene rings is 1. The van der Waals surface area contributed by atoms with Gasteiger partial charge in [-0.05, 0) is 37.5 Å². The molecular weight excluding hydrogens is 250 g/mol. The SMILES string of the molecule is C[C@H](Cc1ccco1)NC(=O)CCCc1ccccc1. The van der Waals surface area contributed by atoms with E-state index >= 15 is 0 Å². The molecule has 0 aliphatic rings. The van der Waals surface area contributed by atoms with Gasteiger partial charge in [-0.25, -0.2) is 0 Å². The van der Waals surface area contributed by atoms with Gasteiger partial charge in [0.15, 0.2) is 0 Å². The molecule has 0 saturated carbocycles. The minimum absolute atomic E-state index is 0.102. The van der Waals surface area contributed by atoms with Crippen LogP contribution in [-0.4, -0.2) is 11.9 Å². The third kappa shape index (κ3) is 4.92. The molecule has 0 saturated heterocycles. The first kappa shape index (κ1) is 14.4. The lowest BCUT2D eigenvalue weighted by molar-refractivity contribution is -0.121. The van der Waals surface area contributed by atoms with E-state index in [9.17, 15) is 4.79 Å². The highest BCUT2D eigenvalue weighted by Gasteiger charge is 2.09. The highest BCUT2D eigenvalue weighted by molar-refractivity contribution is 5.76. The second-order valence-corrected chi connectivity index (χ2v) is 5.09. The van der Waals surface area contributed by atoms with Crippen molar-refractivity contribution in [3.05, 3.63) is 60.1 Å². The van der Waals surface area contributed by atoms with Crippen molar-refractivity contribution in [3.63, 3.8) is 0 Å². The molecule has 0 bridgehead atoms. The standard InChI is InChI=1S/C17H21NO2/c1-14(13-16-10-6-12-20-16)18-17(19)11-5-9-15-7-3-2-4-8-15/h2-4,6-8,10,12,14H,5,9,11,13H2,1H3,(H,18,19)/t14-/m1/s1. The zero-order valence-electron chi connectivity index (χ0n) is 11.8. The van der Waals surface area contributed by atoms with Crippen molar-refractivity contribution >= 4 is 5.91 Å². The molecule has 2 aromatic rings. The van der Waals surface area contributed by atoms with Crippen LogP contribution in [-0.2, 0) is 17.6 Å². The maximum Gasteiger partial charge on any atom is 0.220 e. The number of hydrogen-bond acceptors (Lipinski definition) is 2. The zero-order valence-corrected chi connectivity index (χ0v) is 11.8. The van der Waals surface area contributed by atoms with E-state index in [4.69, 9.17) is 4.42 Å². The Hall–Kier alpha value is -2.03. The van der Waals surface area contributed by atoms with Crippen molar-refractivity contribution < 1.29 is 9.21 Å². The molecule has 0 fully saturated rings. The van der Waals surface area contributed by atoms with Crippen LogP contribution in [0.25, 0.3) is 0 Å². The van der Waals surface area contributed by atoms with Gasteiger partial charge in [0.05, 0.1) is 6.26 Å². The van der Waals surface area contributed by atoms with Crippen LogP contribution in [0.4, 0.5) is 0 Å². The fraction of sp³-hybridized carbons (Fsp3) is 0.353. The van der Waals surface area contributed by atoms with E-state index in [0.29, 0.717) is 6.42 Å². The molecule has 1 aromatic heterocycles. The van der Waals surface area contributed by atoms with Crippen LogP contribution in [0.5, 0.6) is 0 Å². The van der Waals surface area contributed by atoms with E-state index in [1.54, 1.807) is 6.26 Å². The minimum Gasteiger partial charge on any atom is -0.469 e. The molecule has 0 radical (unpaired) electrons. The van der Waals surface area contributed by atoms with Gasteiger partial charge in [-0.2, -0.15) is 0 Å². The summed E-state index contributed by atoms with van der Waals surface area (Å²) in [5, 5.41) is 3.01. The van der Waals surface area contributed by atoms with E-state index < -0.39 is 0 Å². The van der Waals surface area contributed by atoms with Crippen LogP contribution >= 0.6 is 0 Å². The summed E-state index contributed by atoms with van der Waals surface area (Å²) in [6.45, 7) is 2.00. The largest absolute Gasteiger partial charge is 0.469 e. The number of carbonyl (C=O) groups excluding carboxylic acids is 1. The van der Waals surface area contributed by atoms with Gasteiger partial charge >= 0.3 is 0 Å². The first-order valence-corrected chi connectivity index (χ1v) is 7.09. The molecule has 106 valence electrons. The van der Waals surface area contributed by atoms with E-state index in [-0.39, 0.29) is 11.9 Å². The molecule has 3 heteroatoms. The Labute approximate surface area is 120 Å². The summed E-state index contributed by atoms with van der Waals surface area (Å²) in [4.78, 5) is 11.8. The molecule has 1 heterocycles.